The van der Waals surface area contributed by atoms with Crippen LogP contribution in [0.4, 0.5) is 0 Å². The van der Waals surface area contributed by atoms with Crippen molar-refractivity contribution in [2.45, 2.75) is 38.7 Å². The Balaban J connectivity index is 1.51. The number of nitrogens with one attached hydrogen (secondary N) is 1. The Morgan fingerprint density at radius 2 is 2.03 bits per heavy atom. The minimum Gasteiger partial charge on any atom is -0.489 e. The molecule has 0 radical (unpaired) electrons. The number of likely N-dealkylation sites (tertiary alicyclic amines) is 1. The van der Waals surface area contributed by atoms with Crippen molar-refractivity contribution in [1.29, 1.82) is 0 Å². The second-order valence-electron chi connectivity index (χ2n) is 7.95. The number of methoxy groups -OCH3 is 1. The van der Waals surface area contributed by atoms with Gasteiger partial charge in [0.05, 0.1) is 32.0 Å². The monoisotopic (exact) mass is 420 g/mol. The Morgan fingerprint density at radius 1 is 1.27 bits per heavy atom. The highest BCUT2D eigenvalue weighted by Crippen LogP contribution is 2.36. The van der Waals surface area contributed by atoms with Crippen molar-refractivity contribution >= 4 is 11.9 Å². The number of fused-ring (bicyclic) bond motifs is 1. The van der Waals surface area contributed by atoms with Gasteiger partial charge >= 0.3 is 5.97 Å². The molecular weight excluding hydrogens is 388 g/mol. The maximum absolute atomic E-state index is 12.8. The van der Waals surface area contributed by atoms with Crippen molar-refractivity contribution in [3.8, 4) is 11.5 Å². The van der Waals surface area contributed by atoms with Gasteiger partial charge in [0.1, 0.15) is 0 Å². The highest BCUT2D eigenvalue weighted by Gasteiger charge is 2.29. The van der Waals surface area contributed by atoms with Gasteiger partial charge in [-0.15, -0.1) is 0 Å². The summed E-state index contributed by atoms with van der Waals surface area (Å²) in [6.45, 7) is 5.55. The molecule has 8 heteroatoms. The van der Waals surface area contributed by atoms with Crippen LogP contribution in [0.15, 0.2) is 12.1 Å². The summed E-state index contributed by atoms with van der Waals surface area (Å²) in [7, 11) is 1.39. The average molecular weight is 421 g/mol. The molecule has 0 bridgehead atoms. The van der Waals surface area contributed by atoms with Crippen LogP contribution in [0, 0.1) is 12.8 Å². The van der Waals surface area contributed by atoms with Crippen molar-refractivity contribution in [3.63, 3.8) is 0 Å². The third kappa shape index (κ3) is 5.64. The van der Waals surface area contributed by atoms with E-state index in [-0.39, 0.29) is 17.8 Å². The first-order valence-electron chi connectivity index (χ1n) is 10.6. The molecule has 0 spiro atoms. The second kappa shape index (κ2) is 10.6. The van der Waals surface area contributed by atoms with Gasteiger partial charge in [0.25, 0.3) is 5.91 Å². The fraction of sp³-hybridized carbons (Fsp3) is 0.636. The number of nitrogens with zero attached hydrogens (tertiary/aromatic N) is 1. The topological polar surface area (TPSA) is 97.3 Å². The van der Waals surface area contributed by atoms with Gasteiger partial charge in [-0.3, -0.25) is 9.59 Å². The van der Waals surface area contributed by atoms with E-state index in [1.807, 2.05) is 13.0 Å². The number of aryl methyl sites for hydroxylation is 1. The number of benzene rings is 1. The Hall–Kier alpha value is -2.32. The molecule has 1 aromatic carbocycles. The van der Waals surface area contributed by atoms with Crippen molar-refractivity contribution in [3.05, 3.63) is 23.3 Å². The highest BCUT2D eigenvalue weighted by atomic mass is 16.5. The largest absolute Gasteiger partial charge is 0.489 e. The van der Waals surface area contributed by atoms with Gasteiger partial charge in [-0.05, 0) is 44.5 Å². The molecule has 2 heterocycles. The SMILES string of the molecule is COC(=O)CCCN1CC[C@@H](CNC(=O)c2ccc(C)c3c2OCCCO3)[C@H](O)C1. The van der Waals surface area contributed by atoms with E-state index < -0.39 is 6.10 Å². The highest BCUT2D eigenvalue weighted by molar-refractivity contribution is 5.98. The zero-order valence-electron chi connectivity index (χ0n) is 17.8. The smallest absolute Gasteiger partial charge is 0.305 e. The van der Waals surface area contributed by atoms with Gasteiger partial charge in [-0.2, -0.15) is 0 Å². The third-order valence-corrected chi connectivity index (χ3v) is 5.75. The van der Waals surface area contributed by atoms with Crippen LogP contribution < -0.4 is 14.8 Å². The molecule has 2 N–H and O–H groups in total. The number of piperidine rings is 1. The predicted molar refractivity (Wildman–Crippen MR) is 111 cm³/mol. The van der Waals surface area contributed by atoms with Gasteiger partial charge in [-0.25, -0.2) is 0 Å². The molecule has 2 aliphatic heterocycles. The molecule has 2 aliphatic rings. The summed E-state index contributed by atoms with van der Waals surface area (Å²) < 4.78 is 16.2. The number of hydrogen-bond acceptors (Lipinski definition) is 7. The van der Waals surface area contributed by atoms with Gasteiger partial charge in [0.15, 0.2) is 11.5 Å². The first-order chi connectivity index (χ1) is 14.5. The quantitative estimate of drug-likeness (QED) is 0.646. The molecule has 2 atom stereocenters. The van der Waals surface area contributed by atoms with Gasteiger partial charge in [-0.1, -0.05) is 6.07 Å². The molecule has 1 amide bonds. The lowest BCUT2D eigenvalue weighted by atomic mass is 9.93. The zero-order valence-corrected chi connectivity index (χ0v) is 17.8. The lowest BCUT2D eigenvalue weighted by Crippen LogP contribution is -2.47. The van der Waals surface area contributed by atoms with Gasteiger partial charge in [0, 0.05) is 31.8 Å². The van der Waals surface area contributed by atoms with E-state index in [1.165, 1.54) is 7.11 Å². The number of hydrogen-bond donors (Lipinski definition) is 2. The average Bonchev–Trinajstić information content (AvgIpc) is 3.00. The fourth-order valence-corrected chi connectivity index (χ4v) is 3.92. The van der Waals surface area contributed by atoms with Crippen LogP contribution in [0.25, 0.3) is 0 Å². The van der Waals surface area contributed by atoms with Gasteiger partial charge < -0.3 is 29.5 Å². The Labute approximate surface area is 177 Å². The zero-order chi connectivity index (χ0) is 21.5. The van der Waals surface area contributed by atoms with E-state index in [0.717, 1.165) is 31.5 Å². The van der Waals surface area contributed by atoms with Crippen LogP contribution in [0.1, 0.15) is 41.6 Å². The molecule has 30 heavy (non-hydrogen) atoms. The number of carbonyl (C=O) groups excluding carboxylic acids is 2. The molecule has 0 aromatic heterocycles. The molecule has 0 aliphatic carbocycles. The summed E-state index contributed by atoms with van der Waals surface area (Å²) in [4.78, 5) is 26.2. The second-order valence-corrected chi connectivity index (χ2v) is 7.95. The molecule has 1 saturated heterocycles. The lowest BCUT2D eigenvalue weighted by Gasteiger charge is -2.36. The Kier molecular flexibility index (Phi) is 7.93. The molecular formula is C22H32N2O6. The molecule has 8 nitrogen and oxygen atoms in total. The van der Waals surface area contributed by atoms with Gasteiger partial charge in [0.2, 0.25) is 0 Å². The van der Waals surface area contributed by atoms with Crippen molar-refractivity contribution < 1.29 is 28.9 Å². The first kappa shape index (κ1) is 22.4. The fourth-order valence-electron chi connectivity index (χ4n) is 3.92. The number of amides is 1. The molecule has 1 aromatic rings. The maximum atomic E-state index is 12.8. The minimum atomic E-state index is -0.521. The standard InChI is InChI=1S/C22H32N2O6/c1-15-6-7-17(21-20(15)29-11-4-12-30-21)22(27)23-13-16-8-10-24(14-18(16)25)9-3-5-19(26)28-2/h6-7,16,18,25H,3-5,8-14H2,1-2H3,(H,23,27)/t16-,18+/m0/s1. The van der Waals surface area contributed by atoms with Crippen LogP contribution >= 0.6 is 0 Å². The third-order valence-electron chi connectivity index (χ3n) is 5.75. The number of β-amino-alcohol motifs (C(OH)–C–C–N with tert-alkyl or cyclic N) is 1. The van der Waals surface area contributed by atoms with E-state index in [4.69, 9.17) is 9.47 Å². The first-order valence-corrected chi connectivity index (χ1v) is 10.6. The Bertz CT molecular complexity index is 753. The summed E-state index contributed by atoms with van der Waals surface area (Å²) in [5, 5.41) is 13.5. The molecule has 1 fully saturated rings. The minimum absolute atomic E-state index is 0.00738. The molecule has 3 rings (SSSR count). The molecule has 0 unspecified atom stereocenters. The van der Waals surface area contributed by atoms with Crippen LogP contribution in [0.2, 0.25) is 0 Å². The van der Waals surface area contributed by atoms with Crippen molar-refractivity contribution in [2.75, 3.05) is 46.5 Å². The van der Waals surface area contributed by atoms with E-state index in [0.29, 0.717) is 56.2 Å². The number of ether oxygens (including phenoxy) is 3. The van der Waals surface area contributed by atoms with Crippen LogP contribution in [-0.2, 0) is 9.53 Å². The lowest BCUT2D eigenvalue weighted by molar-refractivity contribution is -0.140. The van der Waals surface area contributed by atoms with E-state index >= 15 is 0 Å². The summed E-state index contributed by atoms with van der Waals surface area (Å²) in [5.74, 6) is 0.708. The van der Waals surface area contributed by atoms with Crippen LogP contribution in [0.5, 0.6) is 11.5 Å². The van der Waals surface area contributed by atoms with Crippen molar-refractivity contribution in [2.24, 2.45) is 5.92 Å². The summed E-state index contributed by atoms with van der Waals surface area (Å²) in [6.07, 6.45) is 2.13. The normalized spacial score (nSPS) is 21.6. The number of esters is 1. The number of aliphatic hydroxyl groups excluding tert-OH is 1. The van der Waals surface area contributed by atoms with E-state index in [9.17, 15) is 14.7 Å². The van der Waals surface area contributed by atoms with E-state index in [2.05, 4.69) is 15.0 Å². The van der Waals surface area contributed by atoms with E-state index in [1.54, 1.807) is 6.07 Å². The Morgan fingerprint density at radius 3 is 2.77 bits per heavy atom. The number of carbonyl (C=O) groups is 2. The summed E-state index contributed by atoms with van der Waals surface area (Å²) in [5.41, 5.74) is 1.41. The summed E-state index contributed by atoms with van der Waals surface area (Å²) in [6, 6.07) is 3.63. The summed E-state index contributed by atoms with van der Waals surface area (Å²) >= 11 is 0. The number of rotatable bonds is 7. The van der Waals surface area contributed by atoms with Crippen LogP contribution in [-0.4, -0.2) is 74.5 Å². The number of aliphatic hydroxyl groups is 1. The van der Waals surface area contributed by atoms with Crippen molar-refractivity contribution in [1.82, 2.24) is 10.2 Å². The predicted octanol–water partition coefficient (Wildman–Crippen LogP) is 1.52. The van der Waals surface area contributed by atoms with Crippen LogP contribution in [0.3, 0.4) is 0 Å². The molecule has 166 valence electrons. The maximum Gasteiger partial charge on any atom is 0.305 e. The molecule has 0 saturated carbocycles.